The van der Waals surface area contributed by atoms with E-state index in [1.54, 1.807) is 5.57 Å². The minimum absolute atomic E-state index is 0.973. The maximum absolute atomic E-state index is 2.43. The maximum atomic E-state index is 2.43. The standard InChI is InChI=1S/C16H24Si/c1-5-15(14-17(2,3)4)12-9-13-16-10-7-6-8-11-16/h5-11,13H,12,14H2,1-4H3. The van der Waals surface area contributed by atoms with Crippen LogP contribution in [0.4, 0.5) is 0 Å². The first-order valence-electron chi connectivity index (χ1n) is 6.37. The van der Waals surface area contributed by atoms with Gasteiger partial charge in [-0.05, 0) is 25.0 Å². The quantitative estimate of drug-likeness (QED) is 0.482. The summed E-state index contributed by atoms with van der Waals surface area (Å²) in [6, 6.07) is 11.8. The highest BCUT2D eigenvalue weighted by atomic mass is 28.3. The predicted octanol–water partition coefficient (Wildman–Crippen LogP) is 5.37. The summed E-state index contributed by atoms with van der Waals surface area (Å²) in [5, 5.41) is 0. The lowest BCUT2D eigenvalue weighted by Gasteiger charge is -2.17. The molecule has 1 rings (SSSR count). The van der Waals surface area contributed by atoms with Crippen molar-refractivity contribution in [2.24, 2.45) is 0 Å². The molecule has 0 heterocycles. The smallest absolute Gasteiger partial charge is 0.0483 e. The van der Waals surface area contributed by atoms with Gasteiger partial charge in [-0.2, -0.15) is 0 Å². The van der Waals surface area contributed by atoms with Crippen LogP contribution < -0.4 is 0 Å². The molecule has 17 heavy (non-hydrogen) atoms. The number of allylic oxidation sites excluding steroid dienone is 3. The number of hydrogen-bond acceptors (Lipinski definition) is 0. The van der Waals surface area contributed by atoms with Crippen molar-refractivity contribution in [2.75, 3.05) is 0 Å². The summed E-state index contributed by atoms with van der Waals surface area (Å²) in [7, 11) is -0.973. The van der Waals surface area contributed by atoms with Crippen LogP contribution in [0, 0.1) is 0 Å². The van der Waals surface area contributed by atoms with Crippen molar-refractivity contribution in [3.63, 3.8) is 0 Å². The molecule has 0 spiro atoms. The molecule has 0 aliphatic carbocycles. The van der Waals surface area contributed by atoms with Crippen molar-refractivity contribution in [1.29, 1.82) is 0 Å². The van der Waals surface area contributed by atoms with Gasteiger partial charge in [0.05, 0.1) is 0 Å². The Morgan fingerprint density at radius 3 is 2.29 bits per heavy atom. The topological polar surface area (TPSA) is 0 Å². The van der Waals surface area contributed by atoms with Crippen LogP contribution in [0.3, 0.4) is 0 Å². The van der Waals surface area contributed by atoms with Crippen LogP contribution in [-0.2, 0) is 0 Å². The molecule has 1 aromatic carbocycles. The fourth-order valence-corrected chi connectivity index (χ4v) is 3.59. The van der Waals surface area contributed by atoms with E-state index in [1.807, 2.05) is 0 Å². The summed E-state index contributed by atoms with van der Waals surface area (Å²) in [6.45, 7) is 9.44. The lowest BCUT2D eigenvalue weighted by Crippen LogP contribution is -2.19. The van der Waals surface area contributed by atoms with E-state index in [1.165, 1.54) is 11.6 Å². The lowest BCUT2D eigenvalue weighted by molar-refractivity contribution is 1.17. The van der Waals surface area contributed by atoms with Crippen LogP contribution in [0.2, 0.25) is 25.7 Å². The summed E-state index contributed by atoms with van der Waals surface area (Å²) in [6.07, 6.45) is 7.88. The Labute approximate surface area is 107 Å². The Morgan fingerprint density at radius 1 is 1.12 bits per heavy atom. The molecule has 0 bridgehead atoms. The number of benzene rings is 1. The molecule has 0 saturated carbocycles. The Morgan fingerprint density at radius 2 is 1.76 bits per heavy atom. The highest BCUT2D eigenvalue weighted by molar-refractivity contribution is 6.76. The van der Waals surface area contributed by atoms with E-state index in [9.17, 15) is 0 Å². The van der Waals surface area contributed by atoms with Gasteiger partial charge in [0.2, 0.25) is 0 Å². The van der Waals surface area contributed by atoms with Crippen LogP contribution in [0.15, 0.2) is 48.1 Å². The fourth-order valence-electron chi connectivity index (χ4n) is 1.88. The minimum Gasteiger partial charge on any atom is -0.0884 e. The third-order valence-electron chi connectivity index (χ3n) is 2.66. The highest BCUT2D eigenvalue weighted by Gasteiger charge is 2.13. The van der Waals surface area contributed by atoms with Gasteiger partial charge in [-0.25, -0.2) is 0 Å². The third kappa shape index (κ3) is 6.27. The van der Waals surface area contributed by atoms with Gasteiger partial charge in [0, 0.05) is 8.07 Å². The Balaban J connectivity index is 2.52. The molecule has 1 heteroatoms. The summed E-state index contributed by atoms with van der Waals surface area (Å²) < 4.78 is 0. The minimum atomic E-state index is -0.973. The van der Waals surface area contributed by atoms with Crippen LogP contribution >= 0.6 is 0 Å². The first-order chi connectivity index (χ1) is 8.01. The molecule has 0 aliphatic rings. The highest BCUT2D eigenvalue weighted by Crippen LogP contribution is 2.19. The van der Waals surface area contributed by atoms with Crippen molar-refractivity contribution < 1.29 is 0 Å². The van der Waals surface area contributed by atoms with Crippen molar-refractivity contribution in [1.82, 2.24) is 0 Å². The predicted molar refractivity (Wildman–Crippen MR) is 82.0 cm³/mol. The molecule has 0 amide bonds. The SMILES string of the molecule is CC=C(CC=Cc1ccccc1)C[Si](C)(C)C. The zero-order valence-electron chi connectivity index (χ0n) is 11.5. The largest absolute Gasteiger partial charge is 0.0884 e. The summed E-state index contributed by atoms with van der Waals surface area (Å²) in [5.74, 6) is 0. The molecular formula is C16H24Si. The van der Waals surface area contributed by atoms with Crippen LogP contribution in [0.5, 0.6) is 0 Å². The molecule has 1 aromatic rings. The van der Waals surface area contributed by atoms with Gasteiger partial charge in [-0.15, -0.1) is 0 Å². The molecule has 0 nitrogen and oxygen atoms in total. The average Bonchev–Trinajstić information content (AvgIpc) is 2.27. The van der Waals surface area contributed by atoms with E-state index < -0.39 is 8.07 Å². The van der Waals surface area contributed by atoms with Gasteiger partial charge in [0.25, 0.3) is 0 Å². The lowest BCUT2D eigenvalue weighted by atomic mass is 10.1. The zero-order valence-corrected chi connectivity index (χ0v) is 12.5. The average molecular weight is 244 g/mol. The van der Waals surface area contributed by atoms with Gasteiger partial charge in [-0.3, -0.25) is 0 Å². The summed E-state index contributed by atoms with van der Waals surface area (Å²) >= 11 is 0. The van der Waals surface area contributed by atoms with Crippen molar-refractivity contribution >= 4 is 14.1 Å². The second kappa shape index (κ2) is 6.60. The molecular weight excluding hydrogens is 220 g/mol. The van der Waals surface area contributed by atoms with Gasteiger partial charge >= 0.3 is 0 Å². The molecule has 0 saturated heterocycles. The Bertz CT molecular complexity index is 380. The summed E-state index contributed by atoms with van der Waals surface area (Å²) in [4.78, 5) is 0. The van der Waals surface area contributed by atoms with Gasteiger partial charge in [0.15, 0.2) is 0 Å². The molecule has 0 radical (unpaired) electrons. The van der Waals surface area contributed by atoms with Crippen LogP contribution in [0.1, 0.15) is 18.9 Å². The molecule has 0 unspecified atom stereocenters. The summed E-state index contributed by atoms with van der Waals surface area (Å²) in [5.41, 5.74) is 2.87. The first kappa shape index (κ1) is 14.0. The van der Waals surface area contributed by atoms with Crippen LogP contribution in [-0.4, -0.2) is 8.07 Å². The maximum Gasteiger partial charge on any atom is 0.0483 e. The second-order valence-electron chi connectivity index (χ2n) is 5.70. The van der Waals surface area contributed by atoms with Crippen molar-refractivity contribution in [2.45, 2.75) is 39.0 Å². The fraction of sp³-hybridized carbons (Fsp3) is 0.375. The number of rotatable bonds is 5. The van der Waals surface area contributed by atoms with E-state index >= 15 is 0 Å². The second-order valence-corrected chi connectivity index (χ2v) is 11.2. The monoisotopic (exact) mass is 244 g/mol. The van der Waals surface area contributed by atoms with Crippen LogP contribution in [0.25, 0.3) is 6.08 Å². The third-order valence-corrected chi connectivity index (χ3v) is 4.17. The van der Waals surface area contributed by atoms with E-state index in [4.69, 9.17) is 0 Å². The molecule has 0 aromatic heterocycles. The molecule has 92 valence electrons. The van der Waals surface area contributed by atoms with E-state index in [-0.39, 0.29) is 0 Å². The molecule has 0 fully saturated rings. The Kier molecular flexibility index (Phi) is 5.43. The molecule has 0 aliphatic heterocycles. The van der Waals surface area contributed by atoms with Crippen molar-refractivity contribution in [3.8, 4) is 0 Å². The van der Waals surface area contributed by atoms with Gasteiger partial charge in [-0.1, -0.05) is 73.8 Å². The van der Waals surface area contributed by atoms with E-state index in [0.29, 0.717) is 0 Å². The zero-order chi connectivity index (χ0) is 12.7. The first-order valence-corrected chi connectivity index (χ1v) is 10.1. The number of hydrogen-bond donors (Lipinski definition) is 0. The molecule has 0 atom stereocenters. The van der Waals surface area contributed by atoms with Gasteiger partial charge in [0.1, 0.15) is 0 Å². The molecule has 0 N–H and O–H groups in total. The van der Waals surface area contributed by atoms with Gasteiger partial charge < -0.3 is 0 Å². The normalized spacial score (nSPS) is 13.3. The van der Waals surface area contributed by atoms with E-state index in [2.05, 4.69) is 75.1 Å². The van der Waals surface area contributed by atoms with E-state index in [0.717, 1.165) is 6.42 Å². The Hall–Kier alpha value is -1.08. The van der Waals surface area contributed by atoms with Crippen molar-refractivity contribution in [3.05, 3.63) is 53.6 Å².